The average molecular weight is 268 g/mol. The van der Waals surface area contributed by atoms with E-state index in [1.165, 1.54) is 0 Å². The first-order valence-electron chi connectivity index (χ1n) is 4.13. The molecule has 15 heavy (non-hydrogen) atoms. The van der Waals surface area contributed by atoms with E-state index >= 15 is 0 Å². The van der Waals surface area contributed by atoms with Crippen molar-refractivity contribution in [3.8, 4) is 0 Å². The van der Waals surface area contributed by atoms with Crippen LogP contribution in [0.2, 0.25) is 0 Å². The SMILES string of the molecule is CC[S@](=O)(=NS(=O)(=O)Cl)c1ccccc1. The molecule has 0 heterocycles. The third-order valence-corrected chi connectivity index (χ3v) is 5.69. The molecular formula is C8H10ClNO3S2. The van der Waals surface area contributed by atoms with E-state index in [0.717, 1.165) is 0 Å². The Bertz CT molecular complexity index is 545. The van der Waals surface area contributed by atoms with Crippen LogP contribution >= 0.6 is 10.7 Å². The molecule has 0 fully saturated rings. The van der Waals surface area contributed by atoms with Gasteiger partial charge in [-0.1, -0.05) is 28.9 Å². The Hall–Kier alpha value is -0.590. The number of halogens is 1. The fourth-order valence-electron chi connectivity index (χ4n) is 1.04. The highest BCUT2D eigenvalue weighted by Crippen LogP contribution is 2.16. The Morgan fingerprint density at radius 1 is 1.20 bits per heavy atom. The second-order valence-corrected chi connectivity index (χ2v) is 7.65. The topological polar surface area (TPSA) is 63.6 Å². The predicted octanol–water partition coefficient (Wildman–Crippen LogP) is 2.02. The maximum atomic E-state index is 12.1. The van der Waals surface area contributed by atoms with Gasteiger partial charge in [0.2, 0.25) is 0 Å². The van der Waals surface area contributed by atoms with Crippen LogP contribution in [0.1, 0.15) is 6.92 Å². The molecule has 0 radical (unpaired) electrons. The zero-order chi connectivity index (χ0) is 11.5. The Morgan fingerprint density at radius 3 is 2.13 bits per heavy atom. The van der Waals surface area contributed by atoms with Gasteiger partial charge in [-0.3, -0.25) is 0 Å². The van der Waals surface area contributed by atoms with Crippen molar-refractivity contribution in [3.63, 3.8) is 0 Å². The molecule has 0 spiro atoms. The van der Waals surface area contributed by atoms with Crippen LogP contribution in [0.3, 0.4) is 0 Å². The summed E-state index contributed by atoms with van der Waals surface area (Å²) in [6.45, 7) is 1.60. The molecule has 0 aliphatic rings. The van der Waals surface area contributed by atoms with E-state index in [1.54, 1.807) is 37.3 Å². The molecular weight excluding hydrogens is 258 g/mol. The van der Waals surface area contributed by atoms with Gasteiger partial charge in [0, 0.05) is 21.3 Å². The second kappa shape index (κ2) is 4.51. The highest BCUT2D eigenvalue weighted by Gasteiger charge is 2.14. The fraction of sp³-hybridized carbons (Fsp3) is 0.250. The molecule has 0 bridgehead atoms. The van der Waals surface area contributed by atoms with Crippen molar-refractivity contribution >= 4 is 29.6 Å². The lowest BCUT2D eigenvalue weighted by Crippen LogP contribution is -2.05. The van der Waals surface area contributed by atoms with E-state index < -0.39 is 19.0 Å². The van der Waals surface area contributed by atoms with E-state index in [9.17, 15) is 12.6 Å². The van der Waals surface area contributed by atoms with E-state index in [4.69, 9.17) is 10.7 Å². The molecule has 1 atom stereocenters. The van der Waals surface area contributed by atoms with Crippen LogP contribution in [0.4, 0.5) is 0 Å². The second-order valence-electron chi connectivity index (χ2n) is 2.73. The Morgan fingerprint density at radius 2 is 1.73 bits per heavy atom. The summed E-state index contributed by atoms with van der Waals surface area (Å²) in [7, 11) is -2.11. The van der Waals surface area contributed by atoms with Gasteiger partial charge in [-0.05, 0) is 12.1 Å². The molecule has 4 nitrogen and oxygen atoms in total. The monoisotopic (exact) mass is 267 g/mol. The van der Waals surface area contributed by atoms with Gasteiger partial charge in [0.05, 0.1) is 9.73 Å². The Balaban J connectivity index is 3.44. The van der Waals surface area contributed by atoms with Crippen molar-refractivity contribution in [2.24, 2.45) is 3.77 Å². The van der Waals surface area contributed by atoms with Crippen LogP contribution in [0.25, 0.3) is 0 Å². The van der Waals surface area contributed by atoms with E-state index in [0.29, 0.717) is 4.90 Å². The number of rotatable bonds is 3. The van der Waals surface area contributed by atoms with Crippen molar-refractivity contribution < 1.29 is 12.6 Å². The number of hydrogen-bond donors (Lipinski definition) is 0. The minimum Gasteiger partial charge on any atom is -0.244 e. The van der Waals surface area contributed by atoms with Gasteiger partial charge in [-0.2, -0.15) is 8.42 Å². The molecule has 0 saturated carbocycles. The minimum absolute atomic E-state index is 0.100. The fourth-order valence-corrected chi connectivity index (χ4v) is 4.69. The summed E-state index contributed by atoms with van der Waals surface area (Å²) >= 11 is 0. The molecule has 1 rings (SSSR count). The molecule has 1 aromatic carbocycles. The molecule has 0 aliphatic carbocycles. The van der Waals surface area contributed by atoms with Crippen LogP contribution in [0.15, 0.2) is 39.0 Å². The summed E-state index contributed by atoms with van der Waals surface area (Å²) in [6, 6.07) is 8.21. The molecule has 0 aromatic heterocycles. The van der Waals surface area contributed by atoms with E-state index in [-0.39, 0.29) is 5.75 Å². The van der Waals surface area contributed by atoms with E-state index in [2.05, 4.69) is 3.77 Å². The van der Waals surface area contributed by atoms with Crippen LogP contribution in [-0.2, 0) is 19.0 Å². The first-order chi connectivity index (χ1) is 6.87. The Labute approximate surface area is 94.0 Å². The first-order valence-corrected chi connectivity index (χ1v) is 8.08. The predicted molar refractivity (Wildman–Crippen MR) is 60.6 cm³/mol. The Kier molecular flexibility index (Phi) is 3.75. The maximum absolute atomic E-state index is 12.1. The third-order valence-electron chi connectivity index (χ3n) is 1.71. The zero-order valence-corrected chi connectivity index (χ0v) is 10.3. The van der Waals surface area contributed by atoms with Crippen molar-refractivity contribution in [2.45, 2.75) is 11.8 Å². The molecule has 0 saturated heterocycles. The van der Waals surface area contributed by atoms with Gasteiger partial charge in [0.1, 0.15) is 0 Å². The van der Waals surface area contributed by atoms with E-state index in [1.807, 2.05) is 0 Å². The van der Waals surface area contributed by atoms with Crippen LogP contribution in [0.5, 0.6) is 0 Å². The lowest BCUT2D eigenvalue weighted by molar-refractivity contribution is 0.611. The zero-order valence-electron chi connectivity index (χ0n) is 7.96. The number of nitrogens with zero attached hydrogens (tertiary/aromatic N) is 1. The van der Waals surface area contributed by atoms with Crippen molar-refractivity contribution in [1.29, 1.82) is 0 Å². The molecule has 7 heteroatoms. The molecule has 0 N–H and O–H groups in total. The molecule has 0 amide bonds. The lowest BCUT2D eigenvalue weighted by Gasteiger charge is -2.05. The standard InChI is InChI=1S/C8H10ClNO3S2/c1-2-14(11,10-15(9,12)13)8-6-4-3-5-7-8/h3-7H,2H2,1H3/t14-/m1/s1. The van der Waals surface area contributed by atoms with Crippen LogP contribution in [0, 0.1) is 0 Å². The van der Waals surface area contributed by atoms with Gasteiger partial charge >= 0.3 is 9.24 Å². The third kappa shape index (κ3) is 3.48. The van der Waals surface area contributed by atoms with Crippen LogP contribution in [-0.4, -0.2) is 18.4 Å². The normalized spacial score (nSPS) is 15.6. The summed E-state index contributed by atoms with van der Waals surface area (Å²) in [5, 5.41) is 0. The highest BCUT2D eigenvalue weighted by molar-refractivity contribution is 8.17. The maximum Gasteiger partial charge on any atom is 0.347 e. The first kappa shape index (κ1) is 12.5. The summed E-state index contributed by atoms with van der Waals surface area (Å²) in [5.74, 6) is 0.100. The number of hydrogen-bond acceptors (Lipinski definition) is 3. The van der Waals surface area contributed by atoms with Gasteiger partial charge in [0.25, 0.3) is 0 Å². The quantitative estimate of drug-likeness (QED) is 0.787. The molecule has 0 unspecified atom stereocenters. The average Bonchev–Trinajstić information content (AvgIpc) is 2.16. The van der Waals surface area contributed by atoms with Gasteiger partial charge in [-0.25, -0.2) is 4.21 Å². The molecule has 1 aromatic rings. The van der Waals surface area contributed by atoms with Crippen molar-refractivity contribution in [3.05, 3.63) is 30.3 Å². The summed E-state index contributed by atoms with van der Waals surface area (Å²) < 4.78 is 36.9. The molecule has 84 valence electrons. The summed E-state index contributed by atoms with van der Waals surface area (Å²) in [4.78, 5) is 0.372. The highest BCUT2D eigenvalue weighted by atomic mass is 35.7. The molecule has 0 aliphatic heterocycles. The summed E-state index contributed by atoms with van der Waals surface area (Å²) in [5.41, 5.74) is 0. The van der Waals surface area contributed by atoms with Crippen molar-refractivity contribution in [2.75, 3.05) is 5.75 Å². The van der Waals surface area contributed by atoms with Crippen LogP contribution < -0.4 is 0 Å². The largest absolute Gasteiger partial charge is 0.347 e. The van der Waals surface area contributed by atoms with Gasteiger partial charge in [-0.15, -0.1) is 0 Å². The summed E-state index contributed by atoms with van der Waals surface area (Å²) in [6.07, 6.45) is 0. The lowest BCUT2D eigenvalue weighted by atomic mass is 10.4. The van der Waals surface area contributed by atoms with Gasteiger partial charge < -0.3 is 0 Å². The number of benzene rings is 1. The minimum atomic E-state index is -4.12. The smallest absolute Gasteiger partial charge is 0.244 e. The van der Waals surface area contributed by atoms with Gasteiger partial charge in [0.15, 0.2) is 0 Å². The van der Waals surface area contributed by atoms with Crippen molar-refractivity contribution in [1.82, 2.24) is 0 Å².